The first-order chi connectivity index (χ1) is 12.1. The summed E-state index contributed by atoms with van der Waals surface area (Å²) < 4.78 is 5.13. The van der Waals surface area contributed by atoms with Gasteiger partial charge in [-0.3, -0.25) is 9.59 Å². The van der Waals surface area contributed by atoms with Crippen LogP contribution in [0.2, 0.25) is 0 Å². The van der Waals surface area contributed by atoms with Crippen molar-refractivity contribution in [1.29, 1.82) is 0 Å². The maximum atomic E-state index is 12.4. The molecular formula is C20H30N2O3. The number of ether oxygens (including phenoxy) is 1. The molecule has 1 N–H and O–H groups in total. The molecule has 1 fully saturated rings. The Morgan fingerprint density at radius 1 is 1.16 bits per heavy atom. The van der Waals surface area contributed by atoms with E-state index in [4.69, 9.17) is 4.74 Å². The van der Waals surface area contributed by atoms with Gasteiger partial charge in [0.1, 0.15) is 5.75 Å². The Balaban J connectivity index is 1.77. The zero-order valence-electron chi connectivity index (χ0n) is 15.6. The van der Waals surface area contributed by atoms with Crippen molar-refractivity contribution in [2.45, 2.75) is 52.0 Å². The number of nitrogens with one attached hydrogen (secondary N) is 1. The Labute approximate surface area is 150 Å². The molecule has 0 aliphatic carbocycles. The normalized spacial score (nSPS) is 15.3. The van der Waals surface area contributed by atoms with Crippen molar-refractivity contribution >= 4 is 11.8 Å². The van der Waals surface area contributed by atoms with E-state index in [1.165, 1.54) is 0 Å². The van der Waals surface area contributed by atoms with E-state index in [9.17, 15) is 9.59 Å². The van der Waals surface area contributed by atoms with Crippen molar-refractivity contribution in [2.24, 2.45) is 5.92 Å². The highest BCUT2D eigenvalue weighted by atomic mass is 16.5. The summed E-state index contributed by atoms with van der Waals surface area (Å²) in [5.41, 5.74) is 0.972. The second kappa shape index (κ2) is 9.44. The molecule has 1 aromatic rings. The van der Waals surface area contributed by atoms with Gasteiger partial charge in [0.25, 0.3) is 0 Å². The maximum Gasteiger partial charge on any atom is 0.225 e. The van der Waals surface area contributed by atoms with E-state index in [1.54, 1.807) is 7.11 Å². The smallest absolute Gasteiger partial charge is 0.225 e. The molecule has 0 radical (unpaired) electrons. The van der Waals surface area contributed by atoms with Crippen LogP contribution in [0.15, 0.2) is 24.3 Å². The topological polar surface area (TPSA) is 58.6 Å². The van der Waals surface area contributed by atoms with Crippen molar-refractivity contribution in [3.63, 3.8) is 0 Å². The molecule has 2 amide bonds. The van der Waals surface area contributed by atoms with Gasteiger partial charge in [0.05, 0.1) is 13.5 Å². The standard InChI is InChI=1S/C20H30N2O3/c1-4-16(5-2)20(24)22-12-10-17(11-13-22)21-19(23)14-15-6-8-18(25-3)9-7-15/h6-9,16-17H,4-5,10-14H2,1-3H3,(H,21,23). The number of hydrogen-bond donors (Lipinski definition) is 1. The number of rotatable bonds is 7. The average molecular weight is 346 g/mol. The quantitative estimate of drug-likeness (QED) is 0.826. The van der Waals surface area contributed by atoms with E-state index in [1.807, 2.05) is 29.2 Å². The van der Waals surface area contributed by atoms with Gasteiger partial charge in [-0.15, -0.1) is 0 Å². The van der Waals surface area contributed by atoms with E-state index < -0.39 is 0 Å². The van der Waals surface area contributed by atoms with Crippen LogP contribution in [0.5, 0.6) is 5.75 Å². The molecule has 0 saturated carbocycles. The first kappa shape index (κ1) is 19.3. The monoisotopic (exact) mass is 346 g/mol. The van der Waals surface area contributed by atoms with Crippen LogP contribution in [0.25, 0.3) is 0 Å². The third-order valence-electron chi connectivity index (χ3n) is 5.03. The van der Waals surface area contributed by atoms with Gasteiger partial charge >= 0.3 is 0 Å². The maximum absolute atomic E-state index is 12.4. The Morgan fingerprint density at radius 3 is 2.28 bits per heavy atom. The lowest BCUT2D eigenvalue weighted by atomic mass is 9.98. The lowest BCUT2D eigenvalue weighted by Gasteiger charge is -2.34. The first-order valence-electron chi connectivity index (χ1n) is 9.28. The molecular weight excluding hydrogens is 316 g/mol. The Hall–Kier alpha value is -2.04. The van der Waals surface area contributed by atoms with E-state index in [0.29, 0.717) is 6.42 Å². The van der Waals surface area contributed by atoms with Gasteiger partial charge in [-0.25, -0.2) is 0 Å². The number of amides is 2. The number of methoxy groups -OCH3 is 1. The molecule has 1 aliphatic rings. The van der Waals surface area contributed by atoms with Crippen LogP contribution < -0.4 is 10.1 Å². The highest BCUT2D eigenvalue weighted by Gasteiger charge is 2.27. The molecule has 0 bridgehead atoms. The summed E-state index contributed by atoms with van der Waals surface area (Å²) in [7, 11) is 1.63. The van der Waals surface area contributed by atoms with Crippen LogP contribution in [0.1, 0.15) is 45.1 Å². The highest BCUT2D eigenvalue weighted by Crippen LogP contribution is 2.17. The number of nitrogens with zero attached hydrogens (tertiary/aromatic N) is 1. The van der Waals surface area contributed by atoms with Gasteiger partial charge in [-0.05, 0) is 43.4 Å². The third kappa shape index (κ3) is 5.48. The number of carbonyl (C=O) groups excluding carboxylic acids is 2. The molecule has 2 rings (SSSR count). The summed E-state index contributed by atoms with van der Waals surface area (Å²) >= 11 is 0. The number of carbonyl (C=O) groups is 2. The molecule has 0 unspecified atom stereocenters. The zero-order chi connectivity index (χ0) is 18.2. The molecule has 0 aromatic heterocycles. The molecule has 1 aliphatic heterocycles. The van der Waals surface area contributed by atoms with Gasteiger partial charge in [-0.2, -0.15) is 0 Å². The largest absolute Gasteiger partial charge is 0.497 e. The average Bonchev–Trinajstić information content (AvgIpc) is 2.64. The summed E-state index contributed by atoms with van der Waals surface area (Å²) in [6.07, 6.45) is 3.83. The van der Waals surface area contributed by atoms with E-state index >= 15 is 0 Å². The minimum absolute atomic E-state index is 0.0370. The minimum Gasteiger partial charge on any atom is -0.497 e. The zero-order valence-corrected chi connectivity index (χ0v) is 15.6. The molecule has 25 heavy (non-hydrogen) atoms. The van der Waals surface area contributed by atoms with Crippen molar-refractivity contribution < 1.29 is 14.3 Å². The summed E-state index contributed by atoms with van der Waals surface area (Å²) in [4.78, 5) is 26.6. The lowest BCUT2D eigenvalue weighted by molar-refractivity contribution is -0.137. The summed E-state index contributed by atoms with van der Waals surface area (Å²) in [5.74, 6) is 1.24. The molecule has 5 heteroatoms. The summed E-state index contributed by atoms with van der Waals surface area (Å²) in [5, 5.41) is 3.10. The van der Waals surface area contributed by atoms with Gasteiger partial charge < -0.3 is 15.0 Å². The number of piperidine rings is 1. The van der Waals surface area contributed by atoms with Crippen molar-refractivity contribution in [3.8, 4) is 5.75 Å². The number of likely N-dealkylation sites (tertiary alicyclic amines) is 1. The van der Waals surface area contributed by atoms with Crippen LogP contribution in [-0.2, 0) is 16.0 Å². The SMILES string of the molecule is CCC(CC)C(=O)N1CCC(NC(=O)Cc2ccc(OC)cc2)CC1. The second-order valence-electron chi connectivity index (χ2n) is 6.71. The number of benzene rings is 1. The molecule has 1 heterocycles. The Morgan fingerprint density at radius 2 is 1.76 bits per heavy atom. The van der Waals surface area contributed by atoms with Crippen molar-refractivity contribution in [1.82, 2.24) is 10.2 Å². The van der Waals surface area contributed by atoms with Gasteiger partial charge in [-0.1, -0.05) is 26.0 Å². The fourth-order valence-corrected chi connectivity index (χ4v) is 3.35. The lowest BCUT2D eigenvalue weighted by Crippen LogP contribution is -2.48. The van der Waals surface area contributed by atoms with E-state index in [2.05, 4.69) is 19.2 Å². The molecule has 1 aromatic carbocycles. The Kier molecular flexibility index (Phi) is 7.29. The number of hydrogen-bond acceptors (Lipinski definition) is 3. The predicted molar refractivity (Wildman–Crippen MR) is 98.5 cm³/mol. The molecule has 5 nitrogen and oxygen atoms in total. The van der Waals surface area contributed by atoms with E-state index in [-0.39, 0.29) is 23.8 Å². The molecule has 0 atom stereocenters. The van der Waals surface area contributed by atoms with Crippen molar-refractivity contribution in [2.75, 3.05) is 20.2 Å². The van der Waals surface area contributed by atoms with Crippen LogP contribution >= 0.6 is 0 Å². The third-order valence-corrected chi connectivity index (χ3v) is 5.03. The van der Waals surface area contributed by atoms with Crippen LogP contribution in [-0.4, -0.2) is 43.0 Å². The van der Waals surface area contributed by atoms with Crippen LogP contribution in [0.3, 0.4) is 0 Å². The van der Waals surface area contributed by atoms with Crippen LogP contribution in [0.4, 0.5) is 0 Å². The highest BCUT2D eigenvalue weighted by molar-refractivity contribution is 5.80. The van der Waals surface area contributed by atoms with Gasteiger partial charge in [0.15, 0.2) is 0 Å². The van der Waals surface area contributed by atoms with Crippen LogP contribution in [0, 0.1) is 5.92 Å². The fourth-order valence-electron chi connectivity index (χ4n) is 3.35. The summed E-state index contributed by atoms with van der Waals surface area (Å²) in [6.45, 7) is 5.61. The molecule has 1 saturated heterocycles. The van der Waals surface area contributed by atoms with Gasteiger partial charge in [0.2, 0.25) is 11.8 Å². The summed E-state index contributed by atoms with van der Waals surface area (Å²) in [6, 6.07) is 7.72. The molecule has 0 spiro atoms. The van der Waals surface area contributed by atoms with E-state index in [0.717, 1.165) is 50.1 Å². The van der Waals surface area contributed by atoms with Gasteiger partial charge in [0, 0.05) is 25.0 Å². The first-order valence-corrected chi connectivity index (χ1v) is 9.28. The minimum atomic E-state index is 0.0370. The molecule has 138 valence electrons. The second-order valence-corrected chi connectivity index (χ2v) is 6.71. The predicted octanol–water partition coefficient (Wildman–Crippen LogP) is 2.78. The van der Waals surface area contributed by atoms with Crippen molar-refractivity contribution in [3.05, 3.63) is 29.8 Å². The Bertz CT molecular complexity index is 559. The fraction of sp³-hybridized carbons (Fsp3) is 0.600.